The van der Waals surface area contributed by atoms with Crippen LogP contribution >= 0.6 is 0 Å². The number of nitrogens with one attached hydrogen (secondary N) is 1. The molecule has 1 aliphatic heterocycles. The van der Waals surface area contributed by atoms with E-state index in [0.717, 1.165) is 28.3 Å². The molecule has 4 rings (SSSR count). The molecule has 0 saturated carbocycles. The first-order valence-corrected chi connectivity index (χ1v) is 10.8. The van der Waals surface area contributed by atoms with Crippen LogP contribution in [0, 0.1) is 26.7 Å². The Morgan fingerprint density at radius 3 is 2.29 bits per heavy atom. The number of likely N-dealkylation sites (tertiary alicyclic amines) is 1. The van der Waals surface area contributed by atoms with Crippen LogP contribution in [0.3, 0.4) is 0 Å². The van der Waals surface area contributed by atoms with E-state index in [1.54, 1.807) is 0 Å². The summed E-state index contributed by atoms with van der Waals surface area (Å²) in [6.07, 6.45) is 1.36. The van der Waals surface area contributed by atoms with E-state index in [-0.39, 0.29) is 17.7 Å². The highest BCUT2D eigenvalue weighted by Crippen LogP contribution is 2.25. The minimum Gasteiger partial charge on any atom is -0.339 e. The molecule has 0 atom stereocenters. The topological polar surface area (TPSA) is 54.3 Å². The number of aryl methyl sites for hydroxylation is 2. The number of hydrogen-bond acceptors (Lipinski definition) is 2. The average molecular weight is 416 g/mol. The van der Waals surface area contributed by atoms with Gasteiger partial charge in [-0.05, 0) is 69.5 Å². The maximum absolute atomic E-state index is 13.3. The molecule has 0 spiro atoms. The molecule has 1 fully saturated rings. The Morgan fingerprint density at radius 2 is 1.61 bits per heavy atom. The van der Waals surface area contributed by atoms with Crippen molar-refractivity contribution in [2.24, 2.45) is 5.92 Å². The molecule has 5 heteroatoms. The maximum atomic E-state index is 13.3. The Labute approximate surface area is 183 Å². The normalized spacial score (nSPS) is 14.5. The van der Waals surface area contributed by atoms with E-state index >= 15 is 0 Å². The van der Waals surface area contributed by atoms with Crippen LogP contribution in [0.1, 0.15) is 40.2 Å². The van der Waals surface area contributed by atoms with Crippen LogP contribution in [-0.4, -0.2) is 34.4 Å². The first kappa shape index (κ1) is 20.9. The zero-order chi connectivity index (χ0) is 22.0. The smallest absolute Gasteiger partial charge is 0.255 e. The predicted octanol–water partition coefficient (Wildman–Crippen LogP) is 4.89. The molecule has 1 aliphatic rings. The van der Waals surface area contributed by atoms with Crippen molar-refractivity contribution in [2.45, 2.75) is 33.6 Å². The number of para-hydroxylation sites is 1. The minimum absolute atomic E-state index is 0.0379. The molecule has 1 saturated heterocycles. The van der Waals surface area contributed by atoms with Gasteiger partial charge in [-0.15, -0.1) is 0 Å². The Hall–Kier alpha value is -3.34. The number of benzene rings is 2. The van der Waals surface area contributed by atoms with Crippen molar-refractivity contribution < 1.29 is 9.59 Å². The molecule has 0 bridgehead atoms. The van der Waals surface area contributed by atoms with Gasteiger partial charge < -0.3 is 14.8 Å². The van der Waals surface area contributed by atoms with E-state index in [1.165, 1.54) is 5.56 Å². The van der Waals surface area contributed by atoms with Gasteiger partial charge in [0.2, 0.25) is 5.91 Å². The van der Waals surface area contributed by atoms with Crippen LogP contribution in [0.15, 0.2) is 60.7 Å². The largest absolute Gasteiger partial charge is 0.339 e. The Balaban J connectivity index is 1.43. The van der Waals surface area contributed by atoms with E-state index in [0.29, 0.717) is 25.9 Å². The lowest BCUT2D eigenvalue weighted by Crippen LogP contribution is -2.41. The average Bonchev–Trinajstić information content (AvgIpc) is 3.08. The molecule has 0 aliphatic carbocycles. The summed E-state index contributed by atoms with van der Waals surface area (Å²) in [5.74, 6) is 0.0221. The second kappa shape index (κ2) is 8.80. The van der Waals surface area contributed by atoms with E-state index in [2.05, 4.69) is 35.0 Å². The lowest BCUT2D eigenvalue weighted by Gasteiger charge is -2.31. The van der Waals surface area contributed by atoms with Crippen molar-refractivity contribution in [1.29, 1.82) is 0 Å². The van der Waals surface area contributed by atoms with Crippen LogP contribution in [0.5, 0.6) is 0 Å². The molecule has 1 N–H and O–H groups in total. The SMILES string of the molecule is Cc1cccc(-n2c(C)cc(C(=O)N3CCC(C(=O)Nc4ccccc4)CC3)c2C)c1. The number of rotatable bonds is 4. The fraction of sp³-hybridized carbons (Fsp3) is 0.308. The van der Waals surface area contributed by atoms with Crippen LogP contribution < -0.4 is 5.32 Å². The van der Waals surface area contributed by atoms with Gasteiger partial charge in [-0.1, -0.05) is 30.3 Å². The van der Waals surface area contributed by atoms with Crippen molar-refractivity contribution in [3.8, 4) is 5.69 Å². The second-order valence-corrected chi connectivity index (χ2v) is 8.38. The summed E-state index contributed by atoms with van der Waals surface area (Å²) in [6, 6.07) is 19.8. The summed E-state index contributed by atoms with van der Waals surface area (Å²) in [5.41, 5.74) is 5.82. The van der Waals surface area contributed by atoms with Crippen molar-refractivity contribution in [1.82, 2.24) is 9.47 Å². The number of carbonyl (C=O) groups is 2. The van der Waals surface area contributed by atoms with Crippen molar-refractivity contribution in [2.75, 3.05) is 18.4 Å². The fourth-order valence-electron chi connectivity index (χ4n) is 4.42. The zero-order valence-corrected chi connectivity index (χ0v) is 18.4. The van der Waals surface area contributed by atoms with Crippen molar-refractivity contribution >= 4 is 17.5 Å². The Morgan fingerprint density at radius 1 is 0.903 bits per heavy atom. The van der Waals surface area contributed by atoms with Gasteiger partial charge >= 0.3 is 0 Å². The predicted molar refractivity (Wildman–Crippen MR) is 124 cm³/mol. The molecule has 2 heterocycles. The molecule has 160 valence electrons. The fourth-order valence-corrected chi connectivity index (χ4v) is 4.42. The molecule has 1 aromatic heterocycles. The Kier molecular flexibility index (Phi) is 5.94. The maximum Gasteiger partial charge on any atom is 0.255 e. The molecule has 5 nitrogen and oxygen atoms in total. The quantitative estimate of drug-likeness (QED) is 0.659. The van der Waals surface area contributed by atoms with Crippen molar-refractivity contribution in [3.63, 3.8) is 0 Å². The molecule has 0 radical (unpaired) electrons. The van der Waals surface area contributed by atoms with Gasteiger partial charge in [-0.3, -0.25) is 9.59 Å². The zero-order valence-electron chi connectivity index (χ0n) is 18.4. The molecule has 31 heavy (non-hydrogen) atoms. The number of aromatic nitrogens is 1. The highest BCUT2D eigenvalue weighted by molar-refractivity contribution is 5.96. The molecular formula is C26H29N3O2. The summed E-state index contributed by atoms with van der Waals surface area (Å²) >= 11 is 0. The van der Waals surface area contributed by atoms with Crippen LogP contribution in [0.2, 0.25) is 0 Å². The van der Waals surface area contributed by atoms with E-state index < -0.39 is 0 Å². The van der Waals surface area contributed by atoms with Crippen molar-refractivity contribution in [3.05, 3.63) is 83.2 Å². The number of nitrogens with zero attached hydrogens (tertiary/aromatic N) is 2. The van der Waals surface area contributed by atoms with E-state index in [9.17, 15) is 9.59 Å². The van der Waals surface area contributed by atoms with Gasteiger partial charge in [0, 0.05) is 41.8 Å². The van der Waals surface area contributed by atoms with E-state index in [4.69, 9.17) is 0 Å². The van der Waals surface area contributed by atoms with Gasteiger partial charge in [0.1, 0.15) is 0 Å². The van der Waals surface area contributed by atoms with Crippen LogP contribution in [-0.2, 0) is 4.79 Å². The molecule has 0 unspecified atom stereocenters. The van der Waals surface area contributed by atoms with E-state index in [1.807, 2.05) is 61.2 Å². The number of carbonyl (C=O) groups excluding carboxylic acids is 2. The second-order valence-electron chi connectivity index (χ2n) is 8.38. The molecular weight excluding hydrogens is 386 g/mol. The summed E-state index contributed by atoms with van der Waals surface area (Å²) in [5, 5.41) is 2.98. The third kappa shape index (κ3) is 4.41. The first-order valence-electron chi connectivity index (χ1n) is 10.8. The van der Waals surface area contributed by atoms with Gasteiger partial charge in [0.25, 0.3) is 5.91 Å². The molecule has 2 aromatic carbocycles. The van der Waals surface area contributed by atoms with Gasteiger partial charge in [-0.25, -0.2) is 0 Å². The summed E-state index contributed by atoms with van der Waals surface area (Å²) in [7, 11) is 0. The first-order chi connectivity index (χ1) is 14.9. The highest BCUT2D eigenvalue weighted by atomic mass is 16.2. The number of hydrogen-bond donors (Lipinski definition) is 1. The number of piperidine rings is 1. The lowest BCUT2D eigenvalue weighted by atomic mass is 9.95. The highest BCUT2D eigenvalue weighted by Gasteiger charge is 2.29. The van der Waals surface area contributed by atoms with Gasteiger partial charge in [0.05, 0.1) is 5.56 Å². The summed E-state index contributed by atoms with van der Waals surface area (Å²) in [6.45, 7) is 7.30. The number of amides is 2. The van der Waals surface area contributed by atoms with Crippen LogP contribution in [0.25, 0.3) is 5.69 Å². The number of anilines is 1. The van der Waals surface area contributed by atoms with Gasteiger partial charge in [-0.2, -0.15) is 0 Å². The molecule has 2 amide bonds. The third-order valence-electron chi connectivity index (χ3n) is 6.12. The lowest BCUT2D eigenvalue weighted by molar-refractivity contribution is -0.121. The minimum atomic E-state index is -0.0658. The Bertz CT molecular complexity index is 1090. The standard InChI is InChI=1S/C26H29N3O2/c1-18-8-7-11-23(16-18)29-19(2)17-24(20(29)3)26(31)28-14-12-21(13-15-28)25(30)27-22-9-5-4-6-10-22/h4-11,16-17,21H,12-15H2,1-3H3,(H,27,30). The summed E-state index contributed by atoms with van der Waals surface area (Å²) < 4.78 is 2.14. The van der Waals surface area contributed by atoms with Gasteiger partial charge in [0.15, 0.2) is 0 Å². The third-order valence-corrected chi connectivity index (χ3v) is 6.12. The summed E-state index contributed by atoms with van der Waals surface area (Å²) in [4.78, 5) is 27.7. The monoisotopic (exact) mass is 415 g/mol. The molecule has 3 aromatic rings. The van der Waals surface area contributed by atoms with Crippen LogP contribution in [0.4, 0.5) is 5.69 Å².